The van der Waals surface area contributed by atoms with Crippen LogP contribution in [0.4, 0.5) is 0 Å². The summed E-state index contributed by atoms with van der Waals surface area (Å²) in [5.41, 5.74) is 0.966. The van der Waals surface area contributed by atoms with Crippen molar-refractivity contribution in [1.82, 2.24) is 0 Å². The van der Waals surface area contributed by atoms with E-state index in [0.717, 1.165) is 10.9 Å². The summed E-state index contributed by atoms with van der Waals surface area (Å²) >= 11 is 0. The van der Waals surface area contributed by atoms with Crippen LogP contribution < -0.4 is 0 Å². The second-order valence-corrected chi connectivity index (χ2v) is 2.67. The maximum Gasteiger partial charge on any atom is 0.0321 e. The molecule has 0 N–H and O–H groups in total. The summed E-state index contributed by atoms with van der Waals surface area (Å²) in [6.45, 7) is 0. The molecule has 0 atom stereocenters. The van der Waals surface area contributed by atoms with Crippen molar-refractivity contribution < 1.29 is 0 Å². The molecule has 13 heavy (non-hydrogen) atoms. The van der Waals surface area contributed by atoms with Gasteiger partial charge in [0.1, 0.15) is 0 Å². The average molecular weight is 168 g/mol. The van der Waals surface area contributed by atoms with E-state index in [-0.39, 0.29) is 7.43 Å². The van der Waals surface area contributed by atoms with Crippen LogP contribution in [0.15, 0.2) is 42.5 Å². The maximum atomic E-state index is 5.37. The van der Waals surface area contributed by atoms with E-state index in [1.165, 1.54) is 5.39 Å². The first-order chi connectivity index (χ1) is 5.92. The second kappa shape index (κ2) is 3.78. The summed E-state index contributed by atoms with van der Waals surface area (Å²) in [5.74, 6) is 2.67. The van der Waals surface area contributed by atoms with Crippen molar-refractivity contribution in [2.45, 2.75) is 7.43 Å². The molecule has 2 aromatic carbocycles. The van der Waals surface area contributed by atoms with Crippen LogP contribution in [0.3, 0.4) is 0 Å². The Bertz CT molecular complexity index is 442. The van der Waals surface area contributed by atoms with Crippen LogP contribution in [0, 0.1) is 12.3 Å². The van der Waals surface area contributed by atoms with Gasteiger partial charge in [0.25, 0.3) is 0 Å². The third-order valence-electron chi connectivity index (χ3n) is 1.95. The maximum absolute atomic E-state index is 5.37. The van der Waals surface area contributed by atoms with Gasteiger partial charge in [-0.15, -0.1) is 6.42 Å². The zero-order chi connectivity index (χ0) is 8.39. The lowest BCUT2D eigenvalue weighted by molar-refractivity contribution is 1.71. The molecule has 0 heteroatoms. The predicted octanol–water partition coefficient (Wildman–Crippen LogP) is 3.46. The SMILES string of the molecule is C.C#Cc1cccc2ccccc12. The van der Waals surface area contributed by atoms with E-state index in [2.05, 4.69) is 18.1 Å². The largest absolute Gasteiger partial charge is 0.115 e. The minimum Gasteiger partial charge on any atom is -0.115 e. The van der Waals surface area contributed by atoms with Crippen molar-refractivity contribution in [3.63, 3.8) is 0 Å². The molecule has 0 amide bonds. The van der Waals surface area contributed by atoms with Gasteiger partial charge in [0, 0.05) is 5.56 Å². The van der Waals surface area contributed by atoms with Gasteiger partial charge in [-0.1, -0.05) is 49.7 Å². The Hall–Kier alpha value is -1.74. The molecule has 0 aliphatic heterocycles. The Morgan fingerprint density at radius 2 is 1.62 bits per heavy atom. The van der Waals surface area contributed by atoms with Crippen molar-refractivity contribution in [1.29, 1.82) is 0 Å². The third-order valence-corrected chi connectivity index (χ3v) is 1.95. The Morgan fingerprint density at radius 1 is 0.923 bits per heavy atom. The molecule has 0 aliphatic rings. The number of terminal acetylenes is 1. The number of fused-ring (bicyclic) bond motifs is 1. The fourth-order valence-corrected chi connectivity index (χ4v) is 1.35. The highest BCUT2D eigenvalue weighted by Crippen LogP contribution is 2.16. The Morgan fingerprint density at radius 3 is 2.38 bits per heavy atom. The summed E-state index contributed by atoms with van der Waals surface area (Å²) in [6, 6.07) is 14.1. The molecule has 0 saturated heterocycles. The molecule has 64 valence electrons. The summed E-state index contributed by atoms with van der Waals surface area (Å²) in [4.78, 5) is 0. The molecule has 0 nitrogen and oxygen atoms in total. The van der Waals surface area contributed by atoms with Gasteiger partial charge in [0.2, 0.25) is 0 Å². The quantitative estimate of drug-likeness (QED) is 0.528. The average Bonchev–Trinajstić information content (AvgIpc) is 2.17. The van der Waals surface area contributed by atoms with Crippen LogP contribution in [-0.4, -0.2) is 0 Å². The van der Waals surface area contributed by atoms with Gasteiger partial charge < -0.3 is 0 Å². The molecule has 0 unspecified atom stereocenters. The van der Waals surface area contributed by atoms with Gasteiger partial charge in [-0.2, -0.15) is 0 Å². The number of hydrogen-bond donors (Lipinski definition) is 0. The van der Waals surface area contributed by atoms with Crippen molar-refractivity contribution in [3.8, 4) is 12.3 Å². The highest BCUT2D eigenvalue weighted by molar-refractivity contribution is 5.87. The van der Waals surface area contributed by atoms with E-state index >= 15 is 0 Å². The molecular formula is C13H12. The van der Waals surface area contributed by atoms with Crippen LogP contribution >= 0.6 is 0 Å². The molecule has 2 rings (SSSR count). The number of hydrogen-bond acceptors (Lipinski definition) is 0. The van der Waals surface area contributed by atoms with Crippen molar-refractivity contribution >= 4 is 10.8 Å². The minimum absolute atomic E-state index is 0. The molecule has 0 radical (unpaired) electrons. The van der Waals surface area contributed by atoms with Gasteiger partial charge in [0.15, 0.2) is 0 Å². The highest BCUT2D eigenvalue weighted by atomic mass is 14.0. The third kappa shape index (κ3) is 1.55. The van der Waals surface area contributed by atoms with Crippen LogP contribution in [-0.2, 0) is 0 Å². The summed E-state index contributed by atoms with van der Waals surface area (Å²) in [5, 5.41) is 2.36. The molecule has 0 saturated carbocycles. The Labute approximate surface area is 79.2 Å². The Kier molecular flexibility index (Phi) is 2.72. The first kappa shape index (κ1) is 9.35. The predicted molar refractivity (Wildman–Crippen MR) is 58.6 cm³/mol. The van der Waals surface area contributed by atoms with Crippen LogP contribution in [0.2, 0.25) is 0 Å². The standard InChI is InChI=1S/C12H8.CH4/c1-2-10-7-5-8-11-6-3-4-9-12(10)11;/h1,3-9H;1H4. The van der Waals surface area contributed by atoms with E-state index < -0.39 is 0 Å². The lowest BCUT2D eigenvalue weighted by Crippen LogP contribution is -1.77. The smallest absolute Gasteiger partial charge is 0.0321 e. The molecular weight excluding hydrogens is 156 g/mol. The topological polar surface area (TPSA) is 0 Å². The van der Waals surface area contributed by atoms with E-state index in [1.807, 2.05) is 30.3 Å². The zero-order valence-corrected chi connectivity index (χ0v) is 6.62. The molecule has 0 bridgehead atoms. The first-order valence-electron chi connectivity index (χ1n) is 3.86. The molecule has 0 heterocycles. The summed E-state index contributed by atoms with van der Waals surface area (Å²) in [6.07, 6.45) is 5.37. The van der Waals surface area contributed by atoms with Gasteiger partial charge in [-0.25, -0.2) is 0 Å². The van der Waals surface area contributed by atoms with Crippen molar-refractivity contribution in [2.24, 2.45) is 0 Å². The van der Waals surface area contributed by atoms with Crippen molar-refractivity contribution in [3.05, 3.63) is 48.0 Å². The summed E-state index contributed by atoms with van der Waals surface area (Å²) < 4.78 is 0. The Balaban J connectivity index is 0.000000845. The first-order valence-corrected chi connectivity index (χ1v) is 3.86. The number of benzene rings is 2. The molecule has 0 aliphatic carbocycles. The monoisotopic (exact) mass is 168 g/mol. The lowest BCUT2D eigenvalue weighted by atomic mass is 10.1. The van der Waals surface area contributed by atoms with E-state index in [0.29, 0.717) is 0 Å². The van der Waals surface area contributed by atoms with Gasteiger partial charge in [-0.3, -0.25) is 0 Å². The van der Waals surface area contributed by atoms with Gasteiger partial charge >= 0.3 is 0 Å². The fourth-order valence-electron chi connectivity index (χ4n) is 1.35. The van der Waals surface area contributed by atoms with Crippen LogP contribution in [0.1, 0.15) is 13.0 Å². The molecule has 2 aromatic rings. The summed E-state index contributed by atoms with van der Waals surface area (Å²) in [7, 11) is 0. The second-order valence-electron chi connectivity index (χ2n) is 2.67. The molecule has 0 spiro atoms. The highest BCUT2D eigenvalue weighted by Gasteiger charge is 1.94. The van der Waals surface area contributed by atoms with Crippen molar-refractivity contribution in [2.75, 3.05) is 0 Å². The fraction of sp³-hybridized carbons (Fsp3) is 0.0769. The van der Waals surface area contributed by atoms with Crippen LogP contribution in [0.5, 0.6) is 0 Å². The zero-order valence-electron chi connectivity index (χ0n) is 6.62. The van der Waals surface area contributed by atoms with Crippen LogP contribution in [0.25, 0.3) is 10.8 Å². The van der Waals surface area contributed by atoms with Gasteiger partial charge in [0.05, 0.1) is 0 Å². The lowest BCUT2D eigenvalue weighted by Gasteiger charge is -1.98. The molecule has 0 fully saturated rings. The normalized spacial score (nSPS) is 8.85. The van der Waals surface area contributed by atoms with E-state index in [1.54, 1.807) is 0 Å². The number of rotatable bonds is 0. The molecule has 0 aromatic heterocycles. The van der Waals surface area contributed by atoms with E-state index in [9.17, 15) is 0 Å². The minimum atomic E-state index is 0. The van der Waals surface area contributed by atoms with Gasteiger partial charge in [-0.05, 0) is 16.8 Å². The van der Waals surface area contributed by atoms with E-state index in [4.69, 9.17) is 6.42 Å².